The van der Waals surface area contributed by atoms with Gasteiger partial charge >= 0.3 is 0 Å². The van der Waals surface area contributed by atoms with Gasteiger partial charge < -0.3 is 10.1 Å². The number of nitrogens with one attached hydrogen (secondary N) is 1. The van der Waals surface area contributed by atoms with E-state index in [0.717, 1.165) is 50.1 Å². The summed E-state index contributed by atoms with van der Waals surface area (Å²) >= 11 is 0. The lowest BCUT2D eigenvalue weighted by Crippen LogP contribution is -2.51. The smallest absolute Gasteiger partial charge is 0.0594 e. The fourth-order valence-corrected chi connectivity index (χ4v) is 3.98. The minimum Gasteiger partial charge on any atom is -0.379 e. The lowest BCUT2D eigenvalue weighted by molar-refractivity contribution is 0.0321. The molecule has 0 aromatic rings. The zero-order valence-corrected chi connectivity index (χ0v) is 13.9. The second kappa shape index (κ2) is 7.77. The average molecular weight is 282 g/mol. The van der Waals surface area contributed by atoms with Crippen LogP contribution in [0.3, 0.4) is 0 Å². The van der Waals surface area contributed by atoms with Crippen molar-refractivity contribution < 1.29 is 4.74 Å². The van der Waals surface area contributed by atoms with Gasteiger partial charge in [-0.25, -0.2) is 0 Å². The van der Waals surface area contributed by atoms with E-state index in [1.54, 1.807) is 0 Å². The molecule has 1 aliphatic heterocycles. The molecule has 0 aromatic carbocycles. The van der Waals surface area contributed by atoms with Crippen LogP contribution in [-0.2, 0) is 4.74 Å². The molecule has 2 rings (SSSR count). The number of nitrogens with zero attached hydrogens (tertiary/aromatic N) is 1. The van der Waals surface area contributed by atoms with Crippen LogP contribution in [0, 0.1) is 17.8 Å². The zero-order valence-electron chi connectivity index (χ0n) is 13.9. The van der Waals surface area contributed by atoms with Gasteiger partial charge in [0.25, 0.3) is 0 Å². The van der Waals surface area contributed by atoms with Crippen LogP contribution in [-0.4, -0.2) is 49.8 Å². The highest BCUT2D eigenvalue weighted by Crippen LogP contribution is 2.33. The Kier molecular flexibility index (Phi) is 6.31. The van der Waals surface area contributed by atoms with Gasteiger partial charge in [-0.1, -0.05) is 27.2 Å². The Balaban J connectivity index is 1.82. The van der Waals surface area contributed by atoms with E-state index in [0.29, 0.717) is 6.04 Å². The first-order chi connectivity index (χ1) is 9.56. The first-order valence-corrected chi connectivity index (χ1v) is 8.62. The van der Waals surface area contributed by atoms with Crippen LogP contribution >= 0.6 is 0 Å². The molecule has 0 radical (unpaired) electrons. The fraction of sp³-hybridized carbons (Fsp3) is 1.00. The third-order valence-electron chi connectivity index (χ3n) is 5.16. The van der Waals surface area contributed by atoms with Gasteiger partial charge in [-0.3, -0.25) is 4.90 Å². The molecule has 0 spiro atoms. The van der Waals surface area contributed by atoms with Crippen LogP contribution in [0.2, 0.25) is 0 Å². The maximum Gasteiger partial charge on any atom is 0.0594 e. The molecule has 2 fully saturated rings. The lowest BCUT2D eigenvalue weighted by Gasteiger charge is -2.40. The topological polar surface area (TPSA) is 24.5 Å². The largest absolute Gasteiger partial charge is 0.379 e. The highest BCUT2D eigenvalue weighted by molar-refractivity contribution is 4.87. The summed E-state index contributed by atoms with van der Waals surface area (Å²) in [4.78, 5) is 2.54. The lowest BCUT2D eigenvalue weighted by atomic mass is 9.74. The standard InChI is InChI=1S/C17H34N2O/c1-13(2)16-6-5-14(3)11-17(16)18-15(4)12-19-7-9-20-10-8-19/h13-18H,5-12H2,1-4H3. The predicted octanol–water partition coefficient (Wildman–Crippen LogP) is 2.76. The summed E-state index contributed by atoms with van der Waals surface area (Å²) < 4.78 is 5.43. The van der Waals surface area contributed by atoms with Crippen LogP contribution in [0.5, 0.6) is 0 Å². The summed E-state index contributed by atoms with van der Waals surface area (Å²) in [5.41, 5.74) is 0. The molecule has 0 amide bonds. The van der Waals surface area contributed by atoms with Gasteiger partial charge in [0.15, 0.2) is 0 Å². The summed E-state index contributed by atoms with van der Waals surface area (Å²) in [6, 6.07) is 1.31. The molecule has 20 heavy (non-hydrogen) atoms. The van der Waals surface area contributed by atoms with E-state index in [1.165, 1.54) is 25.8 Å². The quantitative estimate of drug-likeness (QED) is 0.839. The predicted molar refractivity (Wildman–Crippen MR) is 85.0 cm³/mol. The molecule has 1 heterocycles. The highest BCUT2D eigenvalue weighted by atomic mass is 16.5. The third-order valence-corrected chi connectivity index (χ3v) is 5.16. The SMILES string of the molecule is CC1CCC(C(C)C)C(NC(C)CN2CCOCC2)C1. The van der Waals surface area contributed by atoms with Gasteiger partial charge in [0, 0.05) is 31.7 Å². The minimum absolute atomic E-state index is 0.588. The molecule has 2 aliphatic rings. The Labute approximate surface area is 125 Å². The van der Waals surface area contributed by atoms with Crippen molar-refractivity contribution in [2.45, 2.75) is 59.0 Å². The van der Waals surface area contributed by atoms with Crippen molar-refractivity contribution in [3.05, 3.63) is 0 Å². The molecular formula is C17H34N2O. The van der Waals surface area contributed by atoms with Crippen LogP contribution in [0.4, 0.5) is 0 Å². The Hall–Kier alpha value is -0.120. The van der Waals surface area contributed by atoms with Gasteiger partial charge in [0.1, 0.15) is 0 Å². The van der Waals surface area contributed by atoms with E-state index in [4.69, 9.17) is 4.74 Å². The minimum atomic E-state index is 0.588. The van der Waals surface area contributed by atoms with Gasteiger partial charge in [0.2, 0.25) is 0 Å². The van der Waals surface area contributed by atoms with Crippen molar-refractivity contribution in [1.82, 2.24) is 10.2 Å². The number of morpholine rings is 1. The summed E-state index contributed by atoms with van der Waals surface area (Å²) in [5, 5.41) is 3.95. The molecule has 0 bridgehead atoms. The molecule has 0 aromatic heterocycles. The molecule has 3 nitrogen and oxygen atoms in total. The Morgan fingerprint density at radius 3 is 2.50 bits per heavy atom. The number of hydrogen-bond acceptors (Lipinski definition) is 3. The van der Waals surface area contributed by atoms with Crippen molar-refractivity contribution in [1.29, 1.82) is 0 Å². The Bertz CT molecular complexity index is 276. The first-order valence-electron chi connectivity index (χ1n) is 8.62. The molecular weight excluding hydrogens is 248 g/mol. The maximum absolute atomic E-state index is 5.43. The van der Waals surface area contributed by atoms with Crippen LogP contribution in [0.1, 0.15) is 47.0 Å². The van der Waals surface area contributed by atoms with Crippen LogP contribution in [0.25, 0.3) is 0 Å². The summed E-state index contributed by atoms with van der Waals surface area (Å²) in [7, 11) is 0. The summed E-state index contributed by atoms with van der Waals surface area (Å²) in [6.07, 6.45) is 4.18. The van der Waals surface area contributed by atoms with Crippen molar-refractivity contribution in [2.24, 2.45) is 17.8 Å². The van der Waals surface area contributed by atoms with Crippen LogP contribution in [0.15, 0.2) is 0 Å². The van der Waals surface area contributed by atoms with Crippen molar-refractivity contribution in [3.8, 4) is 0 Å². The molecule has 1 N–H and O–H groups in total. The molecule has 1 saturated heterocycles. The average Bonchev–Trinajstić information content (AvgIpc) is 2.39. The second-order valence-electron chi connectivity index (χ2n) is 7.41. The van der Waals surface area contributed by atoms with E-state index < -0.39 is 0 Å². The van der Waals surface area contributed by atoms with Crippen molar-refractivity contribution in [2.75, 3.05) is 32.8 Å². The Morgan fingerprint density at radius 2 is 1.85 bits per heavy atom. The molecule has 1 saturated carbocycles. The van der Waals surface area contributed by atoms with Crippen LogP contribution < -0.4 is 5.32 Å². The van der Waals surface area contributed by atoms with Gasteiger partial charge in [0.05, 0.1) is 13.2 Å². The zero-order chi connectivity index (χ0) is 14.5. The summed E-state index contributed by atoms with van der Waals surface area (Å²) in [6.45, 7) is 14.7. The fourth-order valence-electron chi connectivity index (χ4n) is 3.98. The van der Waals surface area contributed by atoms with Crippen molar-refractivity contribution >= 4 is 0 Å². The number of ether oxygens (including phenoxy) is 1. The van der Waals surface area contributed by atoms with E-state index in [-0.39, 0.29) is 0 Å². The van der Waals surface area contributed by atoms with Crippen molar-refractivity contribution in [3.63, 3.8) is 0 Å². The number of hydrogen-bond donors (Lipinski definition) is 1. The molecule has 1 aliphatic carbocycles. The van der Waals surface area contributed by atoms with Gasteiger partial charge in [-0.05, 0) is 37.5 Å². The number of rotatable bonds is 5. The molecule has 3 heteroatoms. The van der Waals surface area contributed by atoms with E-state index in [1.807, 2.05) is 0 Å². The normalized spacial score (nSPS) is 34.4. The monoisotopic (exact) mass is 282 g/mol. The molecule has 4 unspecified atom stereocenters. The third kappa shape index (κ3) is 4.71. The van der Waals surface area contributed by atoms with E-state index in [2.05, 4.69) is 37.9 Å². The van der Waals surface area contributed by atoms with E-state index in [9.17, 15) is 0 Å². The summed E-state index contributed by atoms with van der Waals surface area (Å²) in [5.74, 6) is 2.55. The maximum atomic E-state index is 5.43. The Morgan fingerprint density at radius 1 is 1.15 bits per heavy atom. The molecule has 118 valence electrons. The first kappa shape index (κ1) is 16.3. The molecule has 4 atom stereocenters. The highest BCUT2D eigenvalue weighted by Gasteiger charge is 2.31. The van der Waals surface area contributed by atoms with E-state index >= 15 is 0 Å². The van der Waals surface area contributed by atoms with Gasteiger partial charge in [-0.2, -0.15) is 0 Å². The second-order valence-corrected chi connectivity index (χ2v) is 7.41. The van der Waals surface area contributed by atoms with Gasteiger partial charge in [-0.15, -0.1) is 0 Å².